The molecule has 0 atom stereocenters. The number of halogens is 6. The van der Waals surface area contributed by atoms with Crippen LogP contribution in [0.3, 0.4) is 0 Å². The zero-order valence-electron chi connectivity index (χ0n) is 22.0. The second-order valence-corrected chi connectivity index (χ2v) is 10.0. The third-order valence-electron chi connectivity index (χ3n) is 4.88. The van der Waals surface area contributed by atoms with Gasteiger partial charge in [0.1, 0.15) is 5.82 Å². The molecule has 44 heavy (non-hydrogen) atoms. The summed E-state index contributed by atoms with van der Waals surface area (Å²) in [5, 5.41) is 14.2. The molecule has 0 aliphatic heterocycles. The molecule has 1 amide bonds. The van der Waals surface area contributed by atoms with Crippen LogP contribution in [-0.2, 0) is 19.6 Å². The largest absolute Gasteiger partial charge is 0.490 e. The lowest BCUT2D eigenvalue weighted by Crippen LogP contribution is -2.29. The normalized spacial score (nSPS) is 11.2. The van der Waals surface area contributed by atoms with Gasteiger partial charge in [0.05, 0.1) is 17.6 Å². The van der Waals surface area contributed by atoms with E-state index in [0.29, 0.717) is 17.1 Å². The molecule has 2 aromatic heterocycles. The van der Waals surface area contributed by atoms with Crippen LogP contribution in [0.2, 0.25) is 0 Å². The molecule has 0 unspecified atom stereocenters. The summed E-state index contributed by atoms with van der Waals surface area (Å²) in [5.74, 6) is -5.52. The summed E-state index contributed by atoms with van der Waals surface area (Å²) >= 11 is 0. The smallest absolute Gasteiger partial charge is 0.475 e. The van der Waals surface area contributed by atoms with Crippen LogP contribution in [0, 0.1) is 0 Å². The van der Waals surface area contributed by atoms with Crippen molar-refractivity contribution in [2.75, 3.05) is 6.26 Å². The number of amides is 1. The predicted octanol–water partition coefficient (Wildman–Crippen LogP) is 4.76. The number of carbonyl (C=O) groups is 3. The lowest BCUT2D eigenvalue weighted by Gasteiger charge is -2.06. The average Bonchev–Trinajstić information content (AvgIpc) is 3.39. The van der Waals surface area contributed by atoms with Crippen molar-refractivity contribution in [1.82, 2.24) is 19.7 Å². The van der Waals surface area contributed by atoms with Crippen LogP contribution in [0.15, 0.2) is 79.1 Å². The summed E-state index contributed by atoms with van der Waals surface area (Å²) in [5.41, 5.74) is 4.14. The molecule has 4 rings (SSSR count). The SMILES string of the molecule is CS(=O)(=O)NC(=O)c1cccc(-c2nc(-c3ccccc3)[nH]c2-c2ccncc2)c1.O=C(O)C(F)(F)F.O=C(O)C(F)(F)F. The van der Waals surface area contributed by atoms with Crippen molar-refractivity contribution in [2.24, 2.45) is 0 Å². The molecule has 2 heterocycles. The number of hydrogen-bond donors (Lipinski definition) is 4. The van der Waals surface area contributed by atoms with Crippen molar-refractivity contribution < 1.29 is 59.4 Å². The first-order chi connectivity index (χ1) is 20.3. The van der Waals surface area contributed by atoms with E-state index < -0.39 is 40.2 Å². The number of imidazole rings is 1. The molecule has 0 bridgehead atoms. The number of nitrogens with zero attached hydrogens (tertiary/aromatic N) is 2. The van der Waals surface area contributed by atoms with E-state index in [0.717, 1.165) is 23.1 Å². The molecule has 0 aliphatic rings. The van der Waals surface area contributed by atoms with Gasteiger partial charge in [0, 0.05) is 34.6 Å². The van der Waals surface area contributed by atoms with E-state index in [1.54, 1.807) is 30.6 Å². The fourth-order valence-corrected chi connectivity index (χ4v) is 3.53. The number of sulfonamides is 1. The van der Waals surface area contributed by atoms with E-state index in [9.17, 15) is 39.6 Å². The molecule has 234 valence electrons. The maximum atomic E-state index is 12.3. The summed E-state index contributed by atoms with van der Waals surface area (Å²) in [6.45, 7) is 0. The third-order valence-corrected chi connectivity index (χ3v) is 5.44. The molecule has 18 heteroatoms. The Labute approximate surface area is 244 Å². The van der Waals surface area contributed by atoms with Crippen LogP contribution < -0.4 is 4.72 Å². The van der Waals surface area contributed by atoms with Crippen molar-refractivity contribution in [3.05, 3.63) is 84.7 Å². The summed E-state index contributed by atoms with van der Waals surface area (Å²) < 4.78 is 88.3. The van der Waals surface area contributed by atoms with Gasteiger partial charge in [-0.15, -0.1) is 0 Å². The molecule has 4 aromatic rings. The zero-order chi connectivity index (χ0) is 33.3. The van der Waals surface area contributed by atoms with Crippen LogP contribution in [0.1, 0.15) is 10.4 Å². The number of H-pyrrole nitrogens is 1. The van der Waals surface area contributed by atoms with Crippen LogP contribution in [-0.4, -0.2) is 70.0 Å². The van der Waals surface area contributed by atoms with Gasteiger partial charge in [-0.25, -0.2) is 27.7 Å². The summed E-state index contributed by atoms with van der Waals surface area (Å²) in [4.78, 5) is 42.3. The number of pyridine rings is 1. The minimum atomic E-state index is -5.08. The monoisotopic (exact) mass is 646 g/mol. The van der Waals surface area contributed by atoms with Gasteiger partial charge in [-0.1, -0.05) is 42.5 Å². The highest BCUT2D eigenvalue weighted by Crippen LogP contribution is 2.33. The Morgan fingerprint density at radius 1 is 0.773 bits per heavy atom. The number of aromatic amines is 1. The minimum Gasteiger partial charge on any atom is -0.475 e. The van der Waals surface area contributed by atoms with E-state index in [-0.39, 0.29) is 5.56 Å². The number of alkyl halides is 6. The molecular weight excluding hydrogens is 626 g/mol. The van der Waals surface area contributed by atoms with E-state index in [1.165, 1.54) is 0 Å². The first-order valence-corrected chi connectivity index (χ1v) is 13.5. The highest BCUT2D eigenvalue weighted by Gasteiger charge is 2.38. The maximum absolute atomic E-state index is 12.3. The first-order valence-electron chi connectivity index (χ1n) is 11.6. The zero-order valence-corrected chi connectivity index (χ0v) is 22.8. The highest BCUT2D eigenvalue weighted by molar-refractivity contribution is 7.89. The van der Waals surface area contributed by atoms with Gasteiger partial charge in [0.2, 0.25) is 10.0 Å². The van der Waals surface area contributed by atoms with Crippen molar-refractivity contribution in [2.45, 2.75) is 12.4 Å². The van der Waals surface area contributed by atoms with Crippen LogP contribution in [0.5, 0.6) is 0 Å². The van der Waals surface area contributed by atoms with E-state index >= 15 is 0 Å². The standard InChI is InChI=1S/C22H18N4O3S.2C2HF3O2/c1-30(28,29)26-22(27)18-9-5-8-17(14-18)20-19(15-10-12-23-13-11-15)24-21(25-20)16-6-3-2-4-7-16;2*3-2(4,5)1(6)7/h2-14H,1H3,(H,24,25)(H,26,27);2*(H,6,7). The number of hydrogen-bond acceptors (Lipinski definition) is 7. The van der Waals surface area contributed by atoms with E-state index in [2.05, 4.69) is 9.97 Å². The molecule has 0 spiro atoms. The van der Waals surface area contributed by atoms with Crippen LogP contribution >= 0.6 is 0 Å². The summed E-state index contributed by atoms with van der Waals surface area (Å²) in [6, 6.07) is 20.1. The Bertz CT molecular complexity index is 1690. The number of aliphatic carboxylic acids is 2. The van der Waals surface area contributed by atoms with Gasteiger partial charge in [0.15, 0.2) is 0 Å². The highest BCUT2D eigenvalue weighted by atomic mass is 32.2. The van der Waals surface area contributed by atoms with Crippen molar-refractivity contribution in [3.63, 3.8) is 0 Å². The Kier molecular flexibility index (Phi) is 11.3. The fourth-order valence-electron chi connectivity index (χ4n) is 3.08. The van der Waals surface area contributed by atoms with Gasteiger partial charge in [0.25, 0.3) is 5.91 Å². The minimum absolute atomic E-state index is 0.225. The predicted molar refractivity (Wildman–Crippen MR) is 142 cm³/mol. The second kappa shape index (κ2) is 14.3. The number of benzene rings is 2. The number of rotatable bonds is 5. The Hall–Kier alpha value is -5.26. The average molecular weight is 647 g/mol. The number of carbonyl (C=O) groups excluding carboxylic acids is 1. The van der Waals surface area contributed by atoms with E-state index in [1.807, 2.05) is 53.3 Å². The molecular formula is C26H20F6N4O7S. The molecule has 0 aliphatic carbocycles. The van der Waals surface area contributed by atoms with Crippen LogP contribution in [0.4, 0.5) is 26.3 Å². The molecule has 4 N–H and O–H groups in total. The molecule has 0 saturated heterocycles. The lowest BCUT2D eigenvalue weighted by molar-refractivity contribution is -0.193. The summed E-state index contributed by atoms with van der Waals surface area (Å²) in [7, 11) is -3.66. The fraction of sp³-hybridized carbons (Fsp3) is 0.115. The van der Waals surface area contributed by atoms with E-state index in [4.69, 9.17) is 24.8 Å². The third kappa shape index (κ3) is 10.9. The maximum Gasteiger partial charge on any atom is 0.490 e. The Morgan fingerprint density at radius 3 is 1.75 bits per heavy atom. The van der Waals surface area contributed by atoms with Gasteiger partial charge < -0.3 is 15.2 Å². The Morgan fingerprint density at radius 2 is 1.27 bits per heavy atom. The number of carboxylic acids is 2. The van der Waals surface area contributed by atoms with Crippen molar-refractivity contribution >= 4 is 27.9 Å². The van der Waals surface area contributed by atoms with Gasteiger partial charge in [-0.3, -0.25) is 9.78 Å². The van der Waals surface area contributed by atoms with Crippen molar-refractivity contribution in [1.29, 1.82) is 0 Å². The lowest BCUT2D eigenvalue weighted by atomic mass is 10.0. The number of carboxylic acid groups (broad SMARTS) is 2. The molecule has 0 saturated carbocycles. The topological polar surface area (TPSA) is 179 Å². The number of nitrogens with one attached hydrogen (secondary N) is 2. The quantitative estimate of drug-likeness (QED) is 0.222. The molecule has 0 radical (unpaired) electrons. The van der Waals surface area contributed by atoms with Gasteiger partial charge in [-0.05, 0) is 24.3 Å². The van der Waals surface area contributed by atoms with Crippen LogP contribution in [0.25, 0.3) is 33.9 Å². The van der Waals surface area contributed by atoms with Crippen molar-refractivity contribution in [3.8, 4) is 33.9 Å². The second-order valence-electron chi connectivity index (χ2n) is 8.30. The number of aromatic nitrogens is 3. The van der Waals surface area contributed by atoms with Gasteiger partial charge >= 0.3 is 24.3 Å². The first kappa shape index (κ1) is 34.9. The Balaban J connectivity index is 0.000000402. The molecule has 0 fully saturated rings. The summed E-state index contributed by atoms with van der Waals surface area (Å²) in [6.07, 6.45) is -5.84. The van der Waals surface area contributed by atoms with Gasteiger partial charge in [-0.2, -0.15) is 26.3 Å². The molecule has 2 aromatic carbocycles. The molecule has 11 nitrogen and oxygen atoms in total.